The molecule has 0 saturated heterocycles. The van der Waals surface area contributed by atoms with Crippen LogP contribution in [-0.2, 0) is 44.2 Å². The van der Waals surface area contributed by atoms with E-state index < -0.39 is 53.6 Å². The predicted molar refractivity (Wildman–Crippen MR) is 244 cm³/mol. The number of hydrogen-bond acceptors (Lipinski definition) is 15. The lowest BCUT2D eigenvalue weighted by molar-refractivity contribution is 0.0531. The average molecular weight is 924 g/mol. The molecule has 0 bridgehead atoms. The van der Waals surface area contributed by atoms with Crippen molar-refractivity contribution in [1.82, 2.24) is 29.8 Å². The fraction of sp³-hybridized carbons (Fsp3) is 0.289. The summed E-state index contributed by atoms with van der Waals surface area (Å²) < 4.78 is 84.0. The van der Waals surface area contributed by atoms with Crippen molar-refractivity contribution >= 4 is 43.2 Å². The van der Waals surface area contributed by atoms with Crippen molar-refractivity contribution in [3.8, 4) is 28.6 Å². The number of sulfone groups is 1. The lowest BCUT2D eigenvalue weighted by Gasteiger charge is -2.26. The second kappa shape index (κ2) is 19.1. The molecule has 7 rings (SSSR count). The molecule has 3 N–H and O–H groups in total. The van der Waals surface area contributed by atoms with E-state index >= 15 is 8.42 Å². The van der Waals surface area contributed by atoms with Crippen molar-refractivity contribution in [2.75, 3.05) is 33.6 Å². The number of tetrazole rings is 1. The number of rotatable bonds is 17. The van der Waals surface area contributed by atoms with Crippen LogP contribution in [0.2, 0.25) is 0 Å². The van der Waals surface area contributed by atoms with Crippen LogP contribution in [-0.4, -0.2) is 98.3 Å². The van der Waals surface area contributed by atoms with E-state index in [2.05, 4.69) is 25.6 Å². The first kappa shape index (κ1) is 46.1. The van der Waals surface area contributed by atoms with Gasteiger partial charge in [0.25, 0.3) is 0 Å². The van der Waals surface area contributed by atoms with Crippen molar-refractivity contribution in [3.63, 3.8) is 0 Å². The average Bonchev–Trinajstić information content (AvgIpc) is 3.90. The van der Waals surface area contributed by atoms with E-state index in [9.17, 15) is 13.2 Å². The predicted octanol–water partition coefficient (Wildman–Crippen LogP) is 5.54. The van der Waals surface area contributed by atoms with E-state index in [1.165, 1.54) is 35.5 Å². The topological polar surface area (TPSA) is 232 Å². The molecule has 20 heteroatoms. The largest absolute Gasteiger partial charge is 0.497 e. The third-order valence-electron chi connectivity index (χ3n) is 10.2. The fourth-order valence-corrected chi connectivity index (χ4v) is 10.7. The zero-order chi connectivity index (χ0) is 46.5. The summed E-state index contributed by atoms with van der Waals surface area (Å²) in [5.41, 5.74) is 8.79. The molecule has 0 radical (unpaired) electrons. The van der Waals surface area contributed by atoms with Gasteiger partial charge >= 0.3 is 6.09 Å². The number of nitrogens with one attached hydrogen (secondary N) is 1. The Balaban J connectivity index is 1.44. The minimum absolute atomic E-state index is 0.0710. The Labute approximate surface area is 377 Å². The summed E-state index contributed by atoms with van der Waals surface area (Å²) in [5.74, 6) is 0.969. The second-order valence-electron chi connectivity index (χ2n) is 15.9. The third kappa shape index (κ3) is 10.9. The second-order valence-corrected chi connectivity index (χ2v) is 19.9. The molecule has 4 aromatic carbocycles. The molecule has 65 heavy (non-hydrogen) atoms. The number of guanidine groups is 1. The number of amides is 1. The zero-order valence-electron chi connectivity index (χ0n) is 36.7. The summed E-state index contributed by atoms with van der Waals surface area (Å²) in [5, 5.41) is 15.9. The number of nitrogens with zero attached hydrogens (tertiary/aromatic N) is 7. The summed E-state index contributed by atoms with van der Waals surface area (Å²) in [6.45, 7) is 4.36. The molecular weight excluding hydrogens is 875 g/mol. The van der Waals surface area contributed by atoms with Crippen LogP contribution in [0.1, 0.15) is 49.4 Å². The smallest absolute Gasteiger partial charge is 0.407 e. The van der Waals surface area contributed by atoms with Gasteiger partial charge in [0.15, 0.2) is 9.84 Å². The Hall–Kier alpha value is -6.90. The number of sulfonamides is 1. The van der Waals surface area contributed by atoms with E-state index in [0.717, 1.165) is 5.56 Å². The fourth-order valence-electron chi connectivity index (χ4n) is 7.04. The number of carbonyl (C=O) groups is 1. The Morgan fingerprint density at radius 2 is 1.37 bits per heavy atom. The minimum atomic E-state index is -4.90. The number of allylic oxidation sites excluding steroid dienone is 4. The van der Waals surface area contributed by atoms with Crippen LogP contribution in [0, 0.1) is 0 Å². The van der Waals surface area contributed by atoms with Gasteiger partial charge in [-0.1, -0.05) is 48.5 Å². The highest BCUT2D eigenvalue weighted by atomic mass is 32.2. The normalized spacial score (nSPS) is 13.9. The van der Waals surface area contributed by atoms with Gasteiger partial charge in [-0.15, -0.1) is 10.2 Å². The van der Waals surface area contributed by atoms with Crippen molar-refractivity contribution in [2.45, 2.75) is 62.2 Å². The number of aromatic nitrogens is 4. The van der Waals surface area contributed by atoms with Gasteiger partial charge in [0.2, 0.25) is 21.8 Å². The monoisotopic (exact) mass is 923 g/mol. The van der Waals surface area contributed by atoms with Crippen molar-refractivity contribution in [1.29, 1.82) is 0 Å². The van der Waals surface area contributed by atoms with Crippen LogP contribution >= 0.6 is 0 Å². The molecule has 0 saturated carbocycles. The maximum atomic E-state index is 15.9. The molecule has 0 spiro atoms. The Morgan fingerprint density at radius 3 is 1.92 bits per heavy atom. The summed E-state index contributed by atoms with van der Waals surface area (Å²) in [4.78, 5) is 21.5. The number of ether oxygens (including phenoxy) is 4. The zero-order valence-corrected chi connectivity index (χ0v) is 38.3. The number of hydrogen-bond donors (Lipinski definition) is 2. The first-order valence-corrected chi connectivity index (χ1v) is 23.4. The summed E-state index contributed by atoms with van der Waals surface area (Å²) in [6, 6.07) is 23.7. The first-order valence-electron chi connectivity index (χ1n) is 20.3. The van der Waals surface area contributed by atoms with E-state index in [4.69, 9.17) is 29.8 Å². The van der Waals surface area contributed by atoms with Gasteiger partial charge in [0.05, 0.1) is 55.5 Å². The third-order valence-corrected chi connectivity index (χ3v) is 13.9. The van der Waals surface area contributed by atoms with Gasteiger partial charge in [0.1, 0.15) is 27.7 Å². The highest BCUT2D eigenvalue weighted by Gasteiger charge is 2.38. The molecule has 18 nitrogen and oxygen atoms in total. The van der Waals surface area contributed by atoms with Crippen molar-refractivity contribution < 1.29 is 40.6 Å². The standard InChI is InChI=1S/C45H49N9O9S2/c1-45(2,3)63-44(55)47-23-24-64(56,57)39-22-20-36(32-13-21-37-38(25-32)49-43(46)48-37)40(42-50-52-54(51-42)28-31-11-18-35(62-6)19-12-31)41(39)65(58,59)53(26-29-7-14-33(60-4)15-8-29)27-30-9-16-34(61-5)17-10-30/h7-20,22,25H,21,23-24,26-28H2,1-6H3,(H2,46,49)(H,47,55). The number of carbonyl (C=O) groups excluding carboxylic acids is 1. The Bertz CT molecular complexity index is 2870. The maximum Gasteiger partial charge on any atom is 0.407 e. The van der Waals surface area contributed by atoms with Crippen molar-refractivity contribution in [3.05, 3.63) is 125 Å². The highest BCUT2D eigenvalue weighted by Crippen LogP contribution is 2.42. The van der Waals surface area contributed by atoms with Gasteiger partial charge in [-0.3, -0.25) is 0 Å². The van der Waals surface area contributed by atoms with Crippen LogP contribution in [0.5, 0.6) is 17.2 Å². The van der Waals surface area contributed by atoms with Gasteiger partial charge < -0.3 is 30.0 Å². The molecule has 2 heterocycles. The van der Waals surface area contributed by atoms with Gasteiger partial charge in [-0.05, 0) is 102 Å². The van der Waals surface area contributed by atoms with Gasteiger partial charge in [-0.25, -0.2) is 31.6 Å². The van der Waals surface area contributed by atoms with Crippen molar-refractivity contribution in [2.24, 2.45) is 15.7 Å². The first-order chi connectivity index (χ1) is 31.0. The van der Waals surface area contributed by atoms with E-state index in [1.807, 2.05) is 18.2 Å². The summed E-state index contributed by atoms with van der Waals surface area (Å²) in [7, 11) is -4.85. The number of nitrogens with two attached hydrogens (primary N) is 1. The molecule has 1 aliphatic heterocycles. The van der Waals surface area contributed by atoms with Crippen LogP contribution in [0.15, 0.2) is 123 Å². The molecule has 0 unspecified atom stereocenters. The lowest BCUT2D eigenvalue weighted by atomic mass is 9.93. The SMILES string of the molecule is COc1ccc(CN(Cc2ccc(OC)cc2)S(=O)(=O)c2c(S(=O)(=O)CCNC(=O)OC(C)(C)C)ccc(C3=CCC4=NC(N)=NC4=C3)c2-c2nnn(Cc3ccc(OC)cc3)n2)cc1. The van der Waals surface area contributed by atoms with Crippen LogP contribution in [0.25, 0.3) is 17.0 Å². The summed E-state index contributed by atoms with van der Waals surface area (Å²) in [6.07, 6.45) is 2.97. The summed E-state index contributed by atoms with van der Waals surface area (Å²) >= 11 is 0. The number of methoxy groups -OCH3 is 3. The molecule has 0 fully saturated rings. The lowest BCUT2D eigenvalue weighted by Crippen LogP contribution is -2.35. The highest BCUT2D eigenvalue weighted by molar-refractivity contribution is 7.93. The minimum Gasteiger partial charge on any atom is -0.497 e. The molecule has 0 atom stereocenters. The number of fused-ring (bicyclic) bond motifs is 1. The molecule has 2 aliphatic rings. The molecule has 1 aliphatic carbocycles. The van der Waals surface area contributed by atoms with Crippen LogP contribution in [0.3, 0.4) is 0 Å². The van der Waals surface area contributed by atoms with Crippen LogP contribution < -0.4 is 25.3 Å². The van der Waals surface area contributed by atoms with Gasteiger partial charge in [0, 0.05) is 26.1 Å². The maximum absolute atomic E-state index is 15.9. The van der Waals surface area contributed by atoms with E-state index in [1.54, 1.807) is 94.6 Å². The molecule has 1 amide bonds. The Kier molecular flexibility index (Phi) is 13.5. The number of alkyl carbamates (subject to hydrolysis) is 1. The van der Waals surface area contributed by atoms with E-state index in [0.29, 0.717) is 51.8 Å². The molecule has 1 aromatic heterocycles. The molecule has 340 valence electrons. The number of aliphatic imine (C=N–C) groups is 2. The van der Waals surface area contributed by atoms with Crippen LogP contribution in [0.4, 0.5) is 4.79 Å². The molecule has 5 aromatic rings. The van der Waals surface area contributed by atoms with Gasteiger partial charge in [-0.2, -0.15) is 9.10 Å². The molecular formula is C45H49N9O9S2. The number of benzene rings is 4. The Morgan fingerprint density at radius 1 is 0.800 bits per heavy atom. The van der Waals surface area contributed by atoms with E-state index in [-0.39, 0.29) is 42.5 Å². The quantitative estimate of drug-likeness (QED) is 0.117.